The summed E-state index contributed by atoms with van der Waals surface area (Å²) in [6.07, 6.45) is 2.35. The van der Waals surface area contributed by atoms with Crippen LogP contribution in [-0.2, 0) is 11.8 Å². The van der Waals surface area contributed by atoms with Crippen molar-refractivity contribution in [2.75, 3.05) is 5.75 Å². The van der Waals surface area contributed by atoms with Crippen LogP contribution in [-0.4, -0.2) is 21.3 Å². The number of rotatable bonds is 5. The predicted octanol–water partition coefficient (Wildman–Crippen LogP) is 4.12. The van der Waals surface area contributed by atoms with Crippen molar-refractivity contribution in [2.45, 2.75) is 25.2 Å². The molecule has 3 nitrogen and oxygen atoms in total. The smallest absolute Gasteiger partial charge is 0.142 e. The number of thioether (sulfide) groups is 1. The van der Waals surface area contributed by atoms with Gasteiger partial charge in [-0.25, -0.2) is 0 Å². The van der Waals surface area contributed by atoms with E-state index in [0.717, 1.165) is 21.7 Å². The zero-order valence-electron chi connectivity index (χ0n) is 11.8. The van der Waals surface area contributed by atoms with Crippen molar-refractivity contribution in [2.24, 2.45) is 7.05 Å². The highest BCUT2D eigenvalue weighted by Gasteiger charge is 2.15. The van der Waals surface area contributed by atoms with Crippen LogP contribution in [0.5, 0.6) is 0 Å². The molecule has 0 radical (unpaired) electrons. The lowest BCUT2D eigenvalue weighted by Gasteiger charge is -2.09. The number of carbonyl (C=O) groups excluding carboxylic acids is 1. The molecule has 0 unspecified atom stereocenters. The third-order valence-corrected chi connectivity index (χ3v) is 4.46. The Morgan fingerprint density at radius 3 is 2.85 bits per heavy atom. The number of hydrogen-bond acceptors (Lipinski definition) is 3. The van der Waals surface area contributed by atoms with E-state index in [0.29, 0.717) is 17.2 Å². The van der Waals surface area contributed by atoms with E-state index in [-0.39, 0.29) is 5.78 Å². The molecule has 20 heavy (non-hydrogen) atoms. The average molecular weight is 309 g/mol. The molecule has 0 aliphatic heterocycles. The Morgan fingerprint density at radius 2 is 2.20 bits per heavy atom. The zero-order valence-corrected chi connectivity index (χ0v) is 13.4. The molecule has 0 fully saturated rings. The van der Waals surface area contributed by atoms with Crippen LogP contribution in [0, 0.1) is 6.92 Å². The molecule has 1 aromatic carbocycles. The maximum atomic E-state index is 11.5. The van der Waals surface area contributed by atoms with E-state index >= 15 is 0 Å². The van der Waals surface area contributed by atoms with Crippen LogP contribution in [0.4, 0.5) is 0 Å². The number of aromatic nitrogens is 2. The number of carbonyl (C=O) groups is 1. The Morgan fingerprint density at radius 1 is 1.45 bits per heavy atom. The van der Waals surface area contributed by atoms with Gasteiger partial charge in [-0.3, -0.25) is 9.48 Å². The molecule has 0 atom stereocenters. The largest absolute Gasteiger partial charge is 0.299 e. The van der Waals surface area contributed by atoms with Crippen molar-refractivity contribution in [3.05, 3.63) is 35.0 Å². The first-order valence-corrected chi connectivity index (χ1v) is 7.82. The second-order valence-electron chi connectivity index (χ2n) is 4.65. The van der Waals surface area contributed by atoms with Gasteiger partial charge in [0.2, 0.25) is 0 Å². The summed E-state index contributed by atoms with van der Waals surface area (Å²) in [5.74, 6) is 0.707. The van der Waals surface area contributed by atoms with Gasteiger partial charge in [0.25, 0.3) is 0 Å². The molecule has 1 aromatic heterocycles. The van der Waals surface area contributed by atoms with Gasteiger partial charge in [0.05, 0.1) is 27.6 Å². The van der Waals surface area contributed by atoms with Crippen LogP contribution in [0.25, 0.3) is 11.3 Å². The number of nitrogens with zero attached hydrogens (tertiary/aromatic N) is 2. The monoisotopic (exact) mass is 308 g/mol. The Kier molecular flexibility index (Phi) is 4.89. The molecule has 2 rings (SSSR count). The summed E-state index contributed by atoms with van der Waals surface area (Å²) in [6.45, 7) is 3.89. The molecule has 0 spiro atoms. The van der Waals surface area contributed by atoms with Gasteiger partial charge in [0, 0.05) is 19.0 Å². The topological polar surface area (TPSA) is 34.9 Å². The predicted molar refractivity (Wildman–Crippen MR) is 84.4 cm³/mol. The molecule has 0 amide bonds. The summed E-state index contributed by atoms with van der Waals surface area (Å²) in [5.41, 5.74) is 3.03. The van der Waals surface area contributed by atoms with Crippen molar-refractivity contribution in [3.63, 3.8) is 0 Å². The van der Waals surface area contributed by atoms with E-state index in [1.54, 1.807) is 10.9 Å². The lowest BCUT2D eigenvalue weighted by Crippen LogP contribution is -1.99. The fourth-order valence-corrected chi connectivity index (χ4v) is 3.25. The second kappa shape index (κ2) is 6.46. The molecule has 2 aromatic rings. The molecule has 0 aliphatic carbocycles. The van der Waals surface area contributed by atoms with Crippen molar-refractivity contribution in [1.29, 1.82) is 0 Å². The van der Waals surface area contributed by atoms with Gasteiger partial charge in [0.1, 0.15) is 5.78 Å². The van der Waals surface area contributed by atoms with E-state index in [1.165, 1.54) is 11.8 Å². The third-order valence-electron chi connectivity index (χ3n) is 3.07. The maximum absolute atomic E-state index is 11.5. The molecule has 1 heterocycles. The van der Waals surface area contributed by atoms with Gasteiger partial charge in [-0.15, -0.1) is 11.8 Å². The van der Waals surface area contributed by atoms with Gasteiger partial charge in [-0.05, 0) is 18.6 Å². The molecule has 0 saturated heterocycles. The molecule has 0 N–H and O–H groups in total. The summed E-state index contributed by atoms with van der Waals surface area (Å²) >= 11 is 7.85. The number of hydrogen-bond donors (Lipinski definition) is 0. The van der Waals surface area contributed by atoms with Crippen LogP contribution in [0.1, 0.15) is 18.9 Å². The minimum atomic E-state index is 0.236. The summed E-state index contributed by atoms with van der Waals surface area (Å²) in [4.78, 5) is 12.5. The molecule has 0 aliphatic rings. The van der Waals surface area contributed by atoms with E-state index < -0.39 is 0 Å². The number of aryl methyl sites for hydroxylation is 2. The summed E-state index contributed by atoms with van der Waals surface area (Å²) in [5, 5.41) is 4.99. The highest BCUT2D eigenvalue weighted by atomic mass is 35.5. The van der Waals surface area contributed by atoms with E-state index in [4.69, 9.17) is 11.6 Å². The van der Waals surface area contributed by atoms with Crippen LogP contribution in [0.15, 0.2) is 29.3 Å². The first-order valence-electron chi connectivity index (χ1n) is 6.46. The highest BCUT2D eigenvalue weighted by Crippen LogP contribution is 2.35. The average Bonchev–Trinajstić information content (AvgIpc) is 2.77. The maximum Gasteiger partial charge on any atom is 0.142 e. The molecular weight excluding hydrogens is 292 g/mol. The fraction of sp³-hybridized carbons (Fsp3) is 0.333. The summed E-state index contributed by atoms with van der Waals surface area (Å²) in [6, 6.07) is 5.97. The normalized spacial score (nSPS) is 10.8. The molecule has 0 bridgehead atoms. The first-order chi connectivity index (χ1) is 9.52. The van der Waals surface area contributed by atoms with Crippen molar-refractivity contribution < 1.29 is 4.79 Å². The van der Waals surface area contributed by atoms with Gasteiger partial charge in [-0.2, -0.15) is 5.10 Å². The molecular formula is C15H17ClN2OS. The molecule has 5 heteroatoms. The SMILES string of the molecule is CCC(=O)CSc1cnn(C)c1-c1ccc(C)cc1Cl. The van der Waals surface area contributed by atoms with Gasteiger partial charge >= 0.3 is 0 Å². The Hall–Kier alpha value is -1.26. The van der Waals surface area contributed by atoms with Crippen LogP contribution < -0.4 is 0 Å². The lowest BCUT2D eigenvalue weighted by molar-refractivity contribution is -0.116. The van der Waals surface area contributed by atoms with E-state index in [2.05, 4.69) is 5.10 Å². The first kappa shape index (κ1) is 15.1. The Bertz CT molecular complexity index is 637. The number of ketones is 1. The molecule has 106 valence electrons. The minimum absolute atomic E-state index is 0.236. The van der Waals surface area contributed by atoms with E-state index in [1.807, 2.05) is 39.1 Å². The quantitative estimate of drug-likeness (QED) is 0.779. The summed E-state index contributed by atoms with van der Waals surface area (Å²) < 4.78 is 1.80. The molecule has 0 saturated carbocycles. The van der Waals surface area contributed by atoms with Crippen molar-refractivity contribution in [3.8, 4) is 11.3 Å². The third kappa shape index (κ3) is 3.25. The minimum Gasteiger partial charge on any atom is -0.299 e. The lowest BCUT2D eigenvalue weighted by atomic mass is 10.1. The highest BCUT2D eigenvalue weighted by molar-refractivity contribution is 8.00. The number of benzene rings is 1. The fourth-order valence-electron chi connectivity index (χ4n) is 1.90. The second-order valence-corrected chi connectivity index (χ2v) is 6.07. The van der Waals surface area contributed by atoms with Crippen LogP contribution >= 0.6 is 23.4 Å². The van der Waals surface area contributed by atoms with Crippen LogP contribution in [0.3, 0.4) is 0 Å². The standard InChI is InChI=1S/C15H17ClN2OS/c1-4-11(19)9-20-14-8-17-18(3)15(14)12-6-5-10(2)7-13(12)16/h5-8H,4,9H2,1-3H3. The van der Waals surface area contributed by atoms with Crippen LogP contribution in [0.2, 0.25) is 5.02 Å². The zero-order chi connectivity index (χ0) is 14.7. The van der Waals surface area contributed by atoms with Gasteiger partial charge < -0.3 is 0 Å². The van der Waals surface area contributed by atoms with Gasteiger partial charge in [0.15, 0.2) is 0 Å². The van der Waals surface area contributed by atoms with E-state index in [9.17, 15) is 4.79 Å². The summed E-state index contributed by atoms with van der Waals surface area (Å²) in [7, 11) is 1.89. The Labute approximate surface area is 128 Å². The Balaban J connectivity index is 2.36. The van der Waals surface area contributed by atoms with Crippen molar-refractivity contribution in [1.82, 2.24) is 9.78 Å². The number of Topliss-reactive ketones (excluding diaryl/α,β-unsaturated/α-hetero) is 1. The van der Waals surface area contributed by atoms with Crippen molar-refractivity contribution >= 4 is 29.1 Å². The number of halogens is 1. The van der Waals surface area contributed by atoms with Gasteiger partial charge in [-0.1, -0.05) is 30.7 Å².